The van der Waals surface area contributed by atoms with Crippen LogP contribution in [0.15, 0.2) is 24.3 Å². The van der Waals surface area contributed by atoms with E-state index in [0.717, 1.165) is 18.4 Å². The fourth-order valence-corrected chi connectivity index (χ4v) is 4.58. The van der Waals surface area contributed by atoms with Crippen LogP contribution in [0.3, 0.4) is 0 Å². The molecule has 3 nitrogen and oxygen atoms in total. The second kappa shape index (κ2) is 11.2. The van der Waals surface area contributed by atoms with E-state index in [9.17, 15) is 4.79 Å². The first-order chi connectivity index (χ1) is 12.6. The van der Waals surface area contributed by atoms with Crippen molar-refractivity contribution in [3.63, 3.8) is 0 Å². The van der Waals surface area contributed by atoms with Crippen molar-refractivity contribution in [3.05, 3.63) is 24.3 Å². The van der Waals surface area contributed by atoms with E-state index in [-0.39, 0.29) is 23.2 Å². The van der Waals surface area contributed by atoms with Gasteiger partial charge in [0.2, 0.25) is 0 Å². The first-order valence-corrected chi connectivity index (χ1v) is 13.7. The van der Waals surface area contributed by atoms with Crippen molar-refractivity contribution in [3.8, 4) is 0 Å². The molecule has 0 saturated carbocycles. The van der Waals surface area contributed by atoms with Crippen molar-refractivity contribution < 1.29 is 14.0 Å². The quantitative estimate of drug-likeness (QED) is 0.147. The Morgan fingerprint density at radius 3 is 2.30 bits per heavy atom. The van der Waals surface area contributed by atoms with Crippen molar-refractivity contribution in [2.45, 2.75) is 116 Å². The number of cyclic esters (lactones) is 1. The van der Waals surface area contributed by atoms with Crippen LogP contribution in [-0.4, -0.2) is 26.5 Å². The van der Waals surface area contributed by atoms with Crippen LogP contribution in [0, 0.1) is 0 Å². The normalized spacial score (nSPS) is 19.0. The van der Waals surface area contributed by atoms with Crippen molar-refractivity contribution in [2.24, 2.45) is 0 Å². The molecule has 0 aromatic rings. The summed E-state index contributed by atoms with van der Waals surface area (Å²) in [6.45, 7) is 17.1. The molecule has 1 heterocycles. The molecular formula is C23H42O3Si. The van der Waals surface area contributed by atoms with Crippen molar-refractivity contribution in [2.75, 3.05) is 0 Å². The van der Waals surface area contributed by atoms with Gasteiger partial charge in [0, 0.05) is 18.1 Å². The van der Waals surface area contributed by atoms with Crippen LogP contribution in [-0.2, 0) is 14.0 Å². The molecule has 156 valence electrons. The molecule has 4 heteroatoms. The van der Waals surface area contributed by atoms with E-state index in [1.54, 1.807) is 0 Å². The maximum absolute atomic E-state index is 12.0. The van der Waals surface area contributed by atoms with Crippen LogP contribution in [0.25, 0.3) is 0 Å². The van der Waals surface area contributed by atoms with Crippen LogP contribution in [0.1, 0.15) is 85.5 Å². The second-order valence-electron chi connectivity index (χ2n) is 9.49. The first-order valence-electron chi connectivity index (χ1n) is 10.8. The Morgan fingerprint density at radius 1 is 1.19 bits per heavy atom. The Kier molecular flexibility index (Phi) is 10.0. The van der Waals surface area contributed by atoms with Gasteiger partial charge in [0.1, 0.15) is 6.10 Å². The third-order valence-electron chi connectivity index (χ3n) is 5.89. The minimum absolute atomic E-state index is 0.100. The lowest BCUT2D eigenvalue weighted by Gasteiger charge is -2.39. The van der Waals surface area contributed by atoms with E-state index in [4.69, 9.17) is 9.16 Å². The Labute approximate surface area is 168 Å². The van der Waals surface area contributed by atoms with Gasteiger partial charge >= 0.3 is 5.97 Å². The average molecular weight is 395 g/mol. The molecule has 0 amide bonds. The molecule has 0 aromatic heterocycles. The predicted octanol–water partition coefficient (Wildman–Crippen LogP) is 6.95. The monoisotopic (exact) mass is 394 g/mol. The molecule has 1 aliphatic rings. The first kappa shape index (κ1) is 24.2. The van der Waals surface area contributed by atoms with Crippen LogP contribution >= 0.6 is 0 Å². The lowest BCUT2D eigenvalue weighted by Crippen LogP contribution is -2.44. The highest BCUT2D eigenvalue weighted by atomic mass is 28.4. The van der Waals surface area contributed by atoms with Gasteiger partial charge in [0.05, 0.1) is 0 Å². The van der Waals surface area contributed by atoms with Crippen LogP contribution in [0.2, 0.25) is 18.1 Å². The topological polar surface area (TPSA) is 35.5 Å². The summed E-state index contributed by atoms with van der Waals surface area (Å²) in [5, 5.41) is 0.175. The summed E-state index contributed by atoms with van der Waals surface area (Å²) < 4.78 is 12.0. The van der Waals surface area contributed by atoms with Gasteiger partial charge in [0.25, 0.3) is 0 Å². The maximum Gasteiger partial charge on any atom is 0.334 e. The molecular weight excluding hydrogens is 352 g/mol. The second-order valence-corrected chi connectivity index (χ2v) is 14.3. The molecule has 1 rings (SSSR count). The van der Waals surface area contributed by atoms with E-state index >= 15 is 0 Å². The molecule has 0 spiro atoms. The van der Waals surface area contributed by atoms with Crippen molar-refractivity contribution in [1.82, 2.24) is 0 Å². The molecule has 2 atom stereocenters. The highest BCUT2D eigenvalue weighted by Gasteiger charge is 2.39. The summed E-state index contributed by atoms with van der Waals surface area (Å²) in [4.78, 5) is 12.0. The van der Waals surface area contributed by atoms with Crippen molar-refractivity contribution in [1.29, 1.82) is 0 Å². The molecule has 0 bridgehead atoms. The number of unbranched alkanes of at least 4 members (excludes halogenated alkanes) is 6. The van der Waals surface area contributed by atoms with Gasteiger partial charge in [-0.2, -0.15) is 0 Å². The highest BCUT2D eigenvalue weighted by Crippen LogP contribution is 2.39. The standard InChI is InChI=1S/C23H42O3Si/c1-8-9-10-11-12-13-14-15-16-21(26-27(6,7)23(3,4)5)18-20-17-19(2)25-22(20)24/h8,17,19,21H,1,9-16,18H2,2-7H3/t19-,21+/m0/s1. The maximum atomic E-state index is 12.0. The highest BCUT2D eigenvalue weighted by molar-refractivity contribution is 6.74. The molecule has 0 unspecified atom stereocenters. The number of rotatable bonds is 13. The Balaban J connectivity index is 2.54. The third-order valence-corrected chi connectivity index (χ3v) is 10.4. The molecule has 0 aliphatic carbocycles. The molecule has 0 saturated heterocycles. The van der Waals surface area contributed by atoms with E-state index < -0.39 is 8.32 Å². The molecule has 1 aliphatic heterocycles. The lowest BCUT2D eigenvalue weighted by atomic mass is 10.0. The summed E-state index contributed by atoms with van der Waals surface area (Å²) in [5.74, 6) is -0.159. The van der Waals surface area contributed by atoms with E-state index in [1.165, 1.54) is 38.5 Å². The Morgan fingerprint density at radius 2 is 1.78 bits per heavy atom. The molecule has 0 radical (unpaired) electrons. The minimum atomic E-state index is -1.86. The fourth-order valence-electron chi connectivity index (χ4n) is 3.19. The zero-order chi connectivity index (χ0) is 20.5. The van der Waals surface area contributed by atoms with Gasteiger partial charge in [-0.15, -0.1) is 6.58 Å². The van der Waals surface area contributed by atoms with Gasteiger partial charge in [0.15, 0.2) is 8.32 Å². The Bertz CT molecular complexity index is 502. The smallest absolute Gasteiger partial charge is 0.334 e. The van der Waals surface area contributed by atoms with Crippen LogP contribution < -0.4 is 0 Å². The molecule has 0 aromatic carbocycles. The number of allylic oxidation sites excluding steroid dienone is 1. The zero-order valence-corrected chi connectivity index (χ0v) is 19.6. The van der Waals surface area contributed by atoms with Crippen molar-refractivity contribution >= 4 is 14.3 Å². The van der Waals surface area contributed by atoms with Gasteiger partial charge in [-0.25, -0.2) is 4.79 Å². The molecule has 0 N–H and O–H groups in total. The number of carbonyl (C=O) groups excluding carboxylic acids is 1. The number of ether oxygens (including phenoxy) is 1. The van der Waals surface area contributed by atoms with Gasteiger partial charge in [-0.1, -0.05) is 59.0 Å². The summed E-state index contributed by atoms with van der Waals surface area (Å²) in [7, 11) is -1.86. The summed E-state index contributed by atoms with van der Waals surface area (Å²) in [6, 6.07) is 0. The largest absolute Gasteiger partial charge is 0.455 e. The number of carbonyl (C=O) groups is 1. The van der Waals surface area contributed by atoms with Gasteiger partial charge in [-0.05, 0) is 50.4 Å². The van der Waals surface area contributed by atoms with E-state index in [0.29, 0.717) is 6.42 Å². The predicted molar refractivity (Wildman–Crippen MR) is 117 cm³/mol. The van der Waals surface area contributed by atoms with Crippen LogP contribution in [0.5, 0.6) is 0 Å². The third kappa shape index (κ3) is 8.78. The number of esters is 1. The minimum Gasteiger partial charge on any atom is -0.455 e. The SMILES string of the molecule is C=CCCCCCCCC[C@H](CC1=C[C@H](C)OC1=O)O[Si](C)(C)C(C)(C)C. The van der Waals surface area contributed by atoms with Gasteiger partial charge in [-0.3, -0.25) is 0 Å². The van der Waals surface area contributed by atoms with E-state index in [2.05, 4.69) is 40.4 Å². The van der Waals surface area contributed by atoms with Crippen LogP contribution in [0.4, 0.5) is 0 Å². The summed E-state index contributed by atoms with van der Waals surface area (Å²) >= 11 is 0. The lowest BCUT2D eigenvalue weighted by molar-refractivity contribution is -0.139. The van der Waals surface area contributed by atoms with Gasteiger partial charge < -0.3 is 9.16 Å². The van der Waals surface area contributed by atoms with E-state index in [1.807, 2.05) is 19.1 Å². The average Bonchev–Trinajstić information content (AvgIpc) is 2.85. The fraction of sp³-hybridized carbons (Fsp3) is 0.783. The molecule has 27 heavy (non-hydrogen) atoms. The molecule has 0 fully saturated rings. The Hall–Kier alpha value is -0.873. The zero-order valence-electron chi connectivity index (χ0n) is 18.6. The number of hydrogen-bond acceptors (Lipinski definition) is 3. The summed E-state index contributed by atoms with van der Waals surface area (Å²) in [5.41, 5.74) is 0.802. The summed E-state index contributed by atoms with van der Waals surface area (Å²) in [6.07, 6.45) is 14.4. The number of hydrogen-bond donors (Lipinski definition) is 0.